The van der Waals surface area contributed by atoms with Gasteiger partial charge < -0.3 is 5.32 Å². The molecule has 2 aliphatic rings. The first-order chi connectivity index (χ1) is 10.3. The van der Waals surface area contributed by atoms with Crippen molar-refractivity contribution in [2.24, 2.45) is 17.8 Å². The molecule has 110 valence electrons. The first-order valence-corrected chi connectivity index (χ1v) is 8.57. The highest BCUT2D eigenvalue weighted by Crippen LogP contribution is 2.48. The molecular formula is C16H19N3OS. The zero-order chi connectivity index (χ0) is 14.2. The van der Waals surface area contributed by atoms with Crippen molar-refractivity contribution >= 4 is 23.1 Å². The van der Waals surface area contributed by atoms with Crippen molar-refractivity contribution in [3.05, 3.63) is 34.7 Å². The molecule has 2 heterocycles. The molecule has 0 spiro atoms. The average Bonchev–Trinajstić information content (AvgIpc) is 3.23. The van der Waals surface area contributed by atoms with Crippen LogP contribution in [0.15, 0.2) is 29.1 Å². The summed E-state index contributed by atoms with van der Waals surface area (Å²) < 4.78 is 1.87. The minimum absolute atomic E-state index is 0.189. The number of thiophene rings is 1. The van der Waals surface area contributed by atoms with Gasteiger partial charge in [-0.05, 0) is 53.5 Å². The smallest absolute Gasteiger partial charge is 0.228 e. The van der Waals surface area contributed by atoms with Gasteiger partial charge in [-0.3, -0.25) is 4.79 Å². The lowest BCUT2D eigenvalue weighted by molar-refractivity contribution is -0.121. The Morgan fingerprint density at radius 1 is 1.38 bits per heavy atom. The summed E-state index contributed by atoms with van der Waals surface area (Å²) in [6, 6.07) is 3.98. The topological polar surface area (TPSA) is 46.9 Å². The lowest BCUT2D eigenvalue weighted by Gasteiger charge is -2.21. The van der Waals surface area contributed by atoms with Crippen molar-refractivity contribution in [2.45, 2.75) is 32.2 Å². The van der Waals surface area contributed by atoms with Crippen molar-refractivity contribution in [2.75, 3.05) is 5.32 Å². The molecule has 2 bridgehead atoms. The van der Waals surface area contributed by atoms with Crippen LogP contribution in [0.2, 0.25) is 0 Å². The SMILES string of the molecule is O=C(Nc1ccnn1Cc1ccsc1)C1CC2CCC1C2. The van der Waals surface area contributed by atoms with E-state index in [-0.39, 0.29) is 11.8 Å². The summed E-state index contributed by atoms with van der Waals surface area (Å²) in [6.45, 7) is 0.711. The molecule has 4 rings (SSSR count). The third-order valence-corrected chi connectivity index (χ3v) is 5.69. The first-order valence-electron chi connectivity index (χ1n) is 7.63. The highest BCUT2D eigenvalue weighted by molar-refractivity contribution is 7.07. The molecule has 0 radical (unpaired) electrons. The molecule has 0 aliphatic heterocycles. The Balaban J connectivity index is 1.45. The number of anilines is 1. The summed E-state index contributed by atoms with van der Waals surface area (Å²) >= 11 is 1.68. The number of carbonyl (C=O) groups excluding carboxylic acids is 1. The molecule has 0 saturated heterocycles. The van der Waals surface area contributed by atoms with Gasteiger partial charge >= 0.3 is 0 Å². The number of nitrogens with zero attached hydrogens (tertiary/aromatic N) is 2. The molecule has 2 aromatic rings. The highest BCUT2D eigenvalue weighted by Gasteiger charge is 2.43. The zero-order valence-corrected chi connectivity index (χ0v) is 12.7. The van der Waals surface area contributed by atoms with E-state index >= 15 is 0 Å². The van der Waals surface area contributed by atoms with Crippen molar-refractivity contribution in [3.8, 4) is 0 Å². The Bertz CT molecular complexity index is 634. The van der Waals surface area contributed by atoms with Gasteiger partial charge in [-0.2, -0.15) is 16.4 Å². The lowest BCUT2D eigenvalue weighted by atomic mass is 9.88. The maximum atomic E-state index is 12.5. The van der Waals surface area contributed by atoms with Gasteiger partial charge in [0.2, 0.25) is 5.91 Å². The van der Waals surface area contributed by atoms with Gasteiger partial charge in [0, 0.05) is 12.0 Å². The van der Waals surface area contributed by atoms with Gasteiger partial charge in [-0.25, -0.2) is 4.68 Å². The maximum absolute atomic E-state index is 12.5. The molecule has 0 aromatic carbocycles. The molecule has 2 fully saturated rings. The van der Waals surface area contributed by atoms with E-state index in [4.69, 9.17) is 0 Å². The normalized spacial score (nSPS) is 27.1. The fourth-order valence-electron chi connectivity index (χ4n) is 3.91. The van der Waals surface area contributed by atoms with Gasteiger partial charge in [-0.15, -0.1) is 0 Å². The van der Waals surface area contributed by atoms with Gasteiger partial charge in [0.1, 0.15) is 5.82 Å². The summed E-state index contributed by atoms with van der Waals surface area (Å²) in [7, 11) is 0. The Kier molecular flexibility index (Phi) is 3.30. The number of hydrogen-bond donors (Lipinski definition) is 1. The van der Waals surface area contributed by atoms with E-state index in [0.29, 0.717) is 12.5 Å². The van der Waals surface area contributed by atoms with Crippen molar-refractivity contribution in [1.82, 2.24) is 9.78 Å². The third kappa shape index (κ3) is 2.50. The first kappa shape index (κ1) is 13.1. The lowest BCUT2D eigenvalue weighted by Crippen LogP contribution is -2.28. The summed E-state index contributed by atoms with van der Waals surface area (Å²) in [5.41, 5.74) is 1.22. The highest BCUT2D eigenvalue weighted by atomic mass is 32.1. The molecule has 3 atom stereocenters. The Labute approximate surface area is 128 Å². The van der Waals surface area contributed by atoms with E-state index in [0.717, 1.165) is 18.2 Å². The van der Waals surface area contributed by atoms with Crippen LogP contribution in [0, 0.1) is 17.8 Å². The van der Waals surface area contributed by atoms with E-state index in [1.807, 2.05) is 10.7 Å². The van der Waals surface area contributed by atoms with Crippen LogP contribution in [0.3, 0.4) is 0 Å². The summed E-state index contributed by atoms with van der Waals surface area (Å²) in [4.78, 5) is 12.5. The number of aromatic nitrogens is 2. The van der Waals surface area contributed by atoms with Gasteiger partial charge in [0.05, 0.1) is 12.7 Å². The fourth-order valence-corrected chi connectivity index (χ4v) is 4.56. The van der Waals surface area contributed by atoms with E-state index in [2.05, 4.69) is 27.2 Å². The molecule has 5 heteroatoms. The van der Waals surface area contributed by atoms with Gasteiger partial charge in [0.25, 0.3) is 0 Å². The number of nitrogens with one attached hydrogen (secondary N) is 1. The molecule has 21 heavy (non-hydrogen) atoms. The standard InChI is InChI=1S/C16H19N3OS/c20-16(14-8-11-1-2-13(14)7-11)18-15-3-5-17-19(15)9-12-4-6-21-10-12/h3-6,10-11,13-14H,1-2,7-9H2,(H,18,20). The second-order valence-corrected chi connectivity index (χ2v) is 7.06. The molecule has 1 amide bonds. The van der Waals surface area contributed by atoms with Crippen LogP contribution in [0.1, 0.15) is 31.2 Å². The molecule has 4 nitrogen and oxygen atoms in total. The molecule has 1 N–H and O–H groups in total. The van der Waals surface area contributed by atoms with Gasteiger partial charge in [-0.1, -0.05) is 6.42 Å². The predicted molar refractivity (Wildman–Crippen MR) is 83.2 cm³/mol. The van der Waals surface area contributed by atoms with E-state index < -0.39 is 0 Å². The number of hydrogen-bond acceptors (Lipinski definition) is 3. The van der Waals surface area contributed by atoms with Crippen LogP contribution < -0.4 is 5.32 Å². The van der Waals surface area contributed by atoms with Crippen LogP contribution in [0.4, 0.5) is 5.82 Å². The Morgan fingerprint density at radius 3 is 3.05 bits per heavy atom. The number of carbonyl (C=O) groups is 1. The predicted octanol–water partition coefficient (Wildman–Crippen LogP) is 3.37. The van der Waals surface area contributed by atoms with E-state index in [1.165, 1.54) is 24.8 Å². The Hall–Kier alpha value is -1.62. The largest absolute Gasteiger partial charge is 0.311 e. The average molecular weight is 301 g/mol. The molecule has 2 aromatic heterocycles. The zero-order valence-electron chi connectivity index (χ0n) is 11.9. The van der Waals surface area contributed by atoms with Crippen LogP contribution in [0.5, 0.6) is 0 Å². The summed E-state index contributed by atoms with van der Waals surface area (Å²) in [5, 5.41) is 11.6. The van der Waals surface area contributed by atoms with E-state index in [9.17, 15) is 4.79 Å². The monoisotopic (exact) mass is 301 g/mol. The fraction of sp³-hybridized carbons (Fsp3) is 0.500. The second kappa shape index (κ2) is 5.30. The van der Waals surface area contributed by atoms with Crippen LogP contribution in [-0.2, 0) is 11.3 Å². The molecule has 3 unspecified atom stereocenters. The quantitative estimate of drug-likeness (QED) is 0.941. The Morgan fingerprint density at radius 2 is 2.33 bits per heavy atom. The summed E-state index contributed by atoms with van der Waals surface area (Å²) in [6.07, 6.45) is 6.64. The number of amides is 1. The maximum Gasteiger partial charge on any atom is 0.228 e. The van der Waals surface area contributed by atoms with Crippen molar-refractivity contribution < 1.29 is 4.79 Å². The van der Waals surface area contributed by atoms with E-state index in [1.54, 1.807) is 17.5 Å². The second-order valence-electron chi connectivity index (χ2n) is 6.28. The van der Waals surface area contributed by atoms with Crippen LogP contribution in [-0.4, -0.2) is 15.7 Å². The third-order valence-electron chi connectivity index (χ3n) is 4.96. The summed E-state index contributed by atoms with van der Waals surface area (Å²) in [5.74, 6) is 2.63. The van der Waals surface area contributed by atoms with Crippen molar-refractivity contribution in [3.63, 3.8) is 0 Å². The molecule has 2 saturated carbocycles. The van der Waals surface area contributed by atoms with Crippen LogP contribution >= 0.6 is 11.3 Å². The number of rotatable bonds is 4. The minimum atomic E-state index is 0.189. The van der Waals surface area contributed by atoms with Crippen LogP contribution in [0.25, 0.3) is 0 Å². The molecular weight excluding hydrogens is 282 g/mol. The van der Waals surface area contributed by atoms with Gasteiger partial charge in [0.15, 0.2) is 0 Å². The minimum Gasteiger partial charge on any atom is -0.311 e. The molecule has 2 aliphatic carbocycles. The van der Waals surface area contributed by atoms with Crippen molar-refractivity contribution in [1.29, 1.82) is 0 Å². The number of fused-ring (bicyclic) bond motifs is 2.